The molecule has 12 heavy (non-hydrogen) atoms. The molecule has 0 saturated heterocycles. The Morgan fingerprint density at radius 3 is 2.58 bits per heavy atom. The van der Waals surface area contributed by atoms with E-state index in [1.807, 2.05) is 6.92 Å². The Hall–Kier alpha value is -1.45. The zero-order valence-corrected chi connectivity index (χ0v) is 7.29. The molecule has 0 aliphatic rings. The Labute approximate surface area is 70.6 Å². The van der Waals surface area contributed by atoms with Crippen LogP contribution < -0.4 is 4.74 Å². The lowest BCUT2D eigenvalue weighted by Crippen LogP contribution is -2.02. The molecule has 0 N–H and O–H groups in total. The number of aryl methyl sites for hydroxylation is 1. The maximum Gasteiger partial charge on any atom is 0.236 e. The number of ketones is 1. The number of carbonyl (C=O) groups is 1. The molecule has 64 valence electrons. The van der Waals surface area contributed by atoms with Crippen LogP contribution in [0.25, 0.3) is 0 Å². The van der Waals surface area contributed by atoms with Gasteiger partial charge >= 0.3 is 0 Å². The van der Waals surface area contributed by atoms with Gasteiger partial charge in [-0.1, -0.05) is 0 Å². The zero-order valence-electron chi connectivity index (χ0n) is 7.29. The van der Waals surface area contributed by atoms with Gasteiger partial charge in [0.1, 0.15) is 5.69 Å². The maximum absolute atomic E-state index is 10.9. The molecule has 0 atom stereocenters. The molecule has 4 heteroatoms. The third-order valence-electron chi connectivity index (χ3n) is 1.49. The van der Waals surface area contributed by atoms with E-state index in [0.717, 1.165) is 5.56 Å². The normalized spacial score (nSPS) is 9.58. The Morgan fingerprint density at radius 1 is 1.50 bits per heavy atom. The molecule has 0 saturated carbocycles. The number of hydrogen-bond donors (Lipinski definition) is 0. The van der Waals surface area contributed by atoms with E-state index in [1.54, 1.807) is 6.07 Å². The lowest BCUT2D eigenvalue weighted by molar-refractivity contribution is 0.101. The molecule has 0 aliphatic heterocycles. The van der Waals surface area contributed by atoms with Gasteiger partial charge in [-0.25, -0.2) is 0 Å². The fourth-order valence-corrected chi connectivity index (χ4v) is 0.848. The highest BCUT2D eigenvalue weighted by atomic mass is 16.5. The van der Waals surface area contributed by atoms with Crippen LogP contribution in [0, 0.1) is 6.92 Å². The second-order valence-electron chi connectivity index (χ2n) is 2.48. The van der Waals surface area contributed by atoms with E-state index < -0.39 is 0 Å². The third-order valence-corrected chi connectivity index (χ3v) is 1.49. The first-order valence-corrected chi connectivity index (χ1v) is 3.54. The van der Waals surface area contributed by atoms with Crippen LogP contribution in [0.5, 0.6) is 5.88 Å². The number of hydrogen-bond acceptors (Lipinski definition) is 4. The van der Waals surface area contributed by atoms with Crippen molar-refractivity contribution in [2.24, 2.45) is 0 Å². The monoisotopic (exact) mass is 166 g/mol. The van der Waals surface area contributed by atoms with E-state index in [9.17, 15) is 4.79 Å². The minimum absolute atomic E-state index is 0.0896. The molecular weight excluding hydrogens is 156 g/mol. The van der Waals surface area contributed by atoms with Crippen molar-refractivity contribution in [3.8, 4) is 5.88 Å². The van der Waals surface area contributed by atoms with E-state index in [1.165, 1.54) is 14.0 Å². The molecule has 1 aromatic heterocycles. The van der Waals surface area contributed by atoms with Gasteiger partial charge in [0, 0.05) is 12.5 Å². The summed E-state index contributed by atoms with van der Waals surface area (Å²) >= 11 is 0. The summed E-state index contributed by atoms with van der Waals surface area (Å²) in [6.45, 7) is 3.27. The Kier molecular flexibility index (Phi) is 2.38. The molecule has 0 spiro atoms. The third kappa shape index (κ3) is 1.58. The van der Waals surface area contributed by atoms with Crippen molar-refractivity contribution in [1.29, 1.82) is 0 Å². The molecule has 0 unspecified atom stereocenters. The second kappa shape index (κ2) is 3.30. The van der Waals surface area contributed by atoms with E-state index in [0.29, 0.717) is 11.6 Å². The molecule has 0 aromatic carbocycles. The SMILES string of the molecule is COc1nnc(C(C)=O)cc1C. The molecule has 1 heterocycles. The van der Waals surface area contributed by atoms with Crippen molar-refractivity contribution in [3.63, 3.8) is 0 Å². The average molecular weight is 166 g/mol. The van der Waals surface area contributed by atoms with Gasteiger partial charge in [-0.2, -0.15) is 0 Å². The summed E-state index contributed by atoms with van der Waals surface area (Å²) in [5.41, 5.74) is 1.19. The highest BCUT2D eigenvalue weighted by Gasteiger charge is 2.05. The summed E-state index contributed by atoms with van der Waals surface area (Å²) in [6.07, 6.45) is 0. The molecule has 0 fully saturated rings. The minimum atomic E-state index is -0.0896. The zero-order chi connectivity index (χ0) is 9.14. The molecule has 0 radical (unpaired) electrons. The summed E-state index contributed by atoms with van der Waals surface area (Å²) in [5, 5.41) is 7.41. The van der Waals surface area contributed by atoms with Gasteiger partial charge < -0.3 is 4.74 Å². The van der Waals surface area contributed by atoms with Crippen molar-refractivity contribution >= 4 is 5.78 Å². The van der Waals surface area contributed by atoms with Gasteiger partial charge in [-0.05, 0) is 13.0 Å². The summed E-state index contributed by atoms with van der Waals surface area (Å²) in [6, 6.07) is 1.66. The fourth-order valence-electron chi connectivity index (χ4n) is 0.848. The van der Waals surface area contributed by atoms with Gasteiger partial charge in [0.05, 0.1) is 7.11 Å². The van der Waals surface area contributed by atoms with Crippen molar-refractivity contribution in [3.05, 3.63) is 17.3 Å². The summed E-state index contributed by atoms with van der Waals surface area (Å²) in [4.78, 5) is 10.9. The lowest BCUT2D eigenvalue weighted by Gasteiger charge is -2.01. The van der Waals surface area contributed by atoms with E-state index in [4.69, 9.17) is 4.74 Å². The van der Waals surface area contributed by atoms with E-state index >= 15 is 0 Å². The quantitative estimate of drug-likeness (QED) is 0.615. The number of ether oxygens (including phenoxy) is 1. The molecule has 1 aromatic rings. The first kappa shape index (κ1) is 8.64. The van der Waals surface area contributed by atoms with Crippen molar-refractivity contribution < 1.29 is 9.53 Å². The average Bonchev–Trinajstić information content (AvgIpc) is 2.04. The molecule has 4 nitrogen and oxygen atoms in total. The summed E-state index contributed by atoms with van der Waals surface area (Å²) in [5.74, 6) is 0.369. The topological polar surface area (TPSA) is 52.1 Å². The van der Waals surface area contributed by atoms with E-state index in [-0.39, 0.29) is 5.78 Å². The summed E-state index contributed by atoms with van der Waals surface area (Å²) in [7, 11) is 1.52. The highest BCUT2D eigenvalue weighted by molar-refractivity contribution is 5.92. The predicted octanol–water partition coefficient (Wildman–Crippen LogP) is 0.996. The molecule has 0 bridgehead atoms. The number of Topliss-reactive ketones (excluding diaryl/α,β-unsaturated/α-hetero) is 1. The Morgan fingerprint density at radius 2 is 2.17 bits per heavy atom. The van der Waals surface area contributed by atoms with Crippen molar-refractivity contribution in [1.82, 2.24) is 10.2 Å². The van der Waals surface area contributed by atoms with Crippen LogP contribution in [0.1, 0.15) is 23.0 Å². The summed E-state index contributed by atoms with van der Waals surface area (Å²) < 4.78 is 4.89. The fraction of sp³-hybridized carbons (Fsp3) is 0.375. The minimum Gasteiger partial charge on any atom is -0.480 e. The number of carbonyl (C=O) groups excluding carboxylic acids is 1. The first-order valence-electron chi connectivity index (χ1n) is 3.54. The maximum atomic E-state index is 10.9. The van der Waals surface area contributed by atoms with Crippen LogP contribution in [0.4, 0.5) is 0 Å². The van der Waals surface area contributed by atoms with Gasteiger partial charge in [0.25, 0.3) is 0 Å². The number of methoxy groups -OCH3 is 1. The van der Waals surface area contributed by atoms with Crippen molar-refractivity contribution in [2.75, 3.05) is 7.11 Å². The van der Waals surface area contributed by atoms with Crippen LogP contribution in [-0.2, 0) is 0 Å². The van der Waals surface area contributed by atoms with E-state index in [2.05, 4.69) is 10.2 Å². The molecule has 1 rings (SSSR count). The largest absolute Gasteiger partial charge is 0.480 e. The standard InChI is InChI=1S/C8H10N2O2/c1-5-4-7(6(2)11)9-10-8(5)12-3/h4H,1-3H3. The van der Waals surface area contributed by atoms with Gasteiger partial charge in [0.2, 0.25) is 5.88 Å². The van der Waals surface area contributed by atoms with Crippen LogP contribution in [0.2, 0.25) is 0 Å². The lowest BCUT2D eigenvalue weighted by atomic mass is 10.2. The van der Waals surface area contributed by atoms with Gasteiger partial charge in [0.15, 0.2) is 5.78 Å². The Balaban J connectivity index is 3.10. The molecule has 0 amide bonds. The number of nitrogens with zero attached hydrogens (tertiary/aromatic N) is 2. The van der Waals surface area contributed by atoms with Crippen LogP contribution >= 0.6 is 0 Å². The van der Waals surface area contributed by atoms with Crippen LogP contribution in [-0.4, -0.2) is 23.1 Å². The molecule has 0 aliphatic carbocycles. The predicted molar refractivity (Wildman–Crippen MR) is 43.3 cm³/mol. The smallest absolute Gasteiger partial charge is 0.236 e. The number of rotatable bonds is 2. The highest BCUT2D eigenvalue weighted by Crippen LogP contribution is 2.12. The number of aromatic nitrogens is 2. The van der Waals surface area contributed by atoms with Crippen molar-refractivity contribution in [2.45, 2.75) is 13.8 Å². The van der Waals surface area contributed by atoms with Crippen LogP contribution in [0.3, 0.4) is 0 Å². The first-order chi connectivity index (χ1) is 5.65. The van der Waals surface area contributed by atoms with Gasteiger partial charge in [-0.3, -0.25) is 4.79 Å². The van der Waals surface area contributed by atoms with Gasteiger partial charge in [-0.15, -0.1) is 10.2 Å². The second-order valence-corrected chi connectivity index (χ2v) is 2.48. The molecular formula is C8H10N2O2. The van der Waals surface area contributed by atoms with Crippen LogP contribution in [0.15, 0.2) is 6.07 Å². The Bertz CT molecular complexity index is 310.